The molecule has 0 aromatic heterocycles. The number of hydrogen-bond acceptors (Lipinski definition) is 4. The Morgan fingerprint density at radius 1 is 1.35 bits per heavy atom. The predicted molar refractivity (Wildman–Crippen MR) is 87.5 cm³/mol. The van der Waals surface area contributed by atoms with Crippen LogP contribution in [-0.4, -0.2) is 49.5 Å². The van der Waals surface area contributed by atoms with Crippen LogP contribution in [0.5, 0.6) is 11.5 Å². The minimum absolute atomic E-state index is 0. The summed E-state index contributed by atoms with van der Waals surface area (Å²) in [5, 5.41) is 13.4. The molecule has 2 rings (SSSR count). The van der Waals surface area contributed by atoms with Gasteiger partial charge in [-0.25, -0.2) is 0 Å². The van der Waals surface area contributed by atoms with Crippen LogP contribution < -0.4 is 10.1 Å². The first-order valence-corrected chi connectivity index (χ1v) is 7.69. The molecule has 0 amide bonds. The molecule has 1 atom stereocenters. The highest BCUT2D eigenvalue weighted by Crippen LogP contribution is 2.43. The molecule has 0 unspecified atom stereocenters. The van der Waals surface area contributed by atoms with E-state index in [0.717, 1.165) is 0 Å². The molecule has 4 nitrogen and oxygen atoms in total. The summed E-state index contributed by atoms with van der Waals surface area (Å²) in [7, 11) is 1.37. The van der Waals surface area contributed by atoms with Crippen molar-refractivity contribution in [3.63, 3.8) is 0 Å². The van der Waals surface area contributed by atoms with Crippen molar-refractivity contribution in [3.8, 4) is 11.5 Å². The summed E-state index contributed by atoms with van der Waals surface area (Å²) in [6.45, 7) is 2.24. The zero-order valence-electron chi connectivity index (χ0n) is 12.5. The van der Waals surface area contributed by atoms with E-state index >= 15 is 0 Å². The fourth-order valence-electron chi connectivity index (χ4n) is 2.65. The van der Waals surface area contributed by atoms with Crippen LogP contribution in [0, 0.1) is 0 Å². The number of halogens is 5. The second kappa shape index (κ2) is 8.41. The first kappa shape index (κ1) is 20.3. The van der Waals surface area contributed by atoms with Gasteiger partial charge in [0.2, 0.25) is 0 Å². The fourth-order valence-corrected chi connectivity index (χ4v) is 3.11. The van der Waals surface area contributed by atoms with Crippen molar-refractivity contribution in [1.82, 2.24) is 10.2 Å². The predicted octanol–water partition coefficient (Wildman–Crippen LogP) is 3.48. The summed E-state index contributed by atoms with van der Waals surface area (Å²) in [6, 6.07) is 2.12. The Balaban J connectivity index is 0.00000264. The summed E-state index contributed by atoms with van der Waals surface area (Å²) in [4.78, 5) is 1.74. The van der Waals surface area contributed by atoms with E-state index in [0.29, 0.717) is 30.7 Å². The highest BCUT2D eigenvalue weighted by atomic mass is 79.9. The number of aromatic hydroxyl groups is 1. The van der Waals surface area contributed by atoms with Gasteiger partial charge in [0.05, 0.1) is 13.5 Å². The third-order valence-electron chi connectivity index (χ3n) is 3.67. The molecule has 2 N–H and O–H groups in total. The minimum atomic E-state index is -4.32. The number of phenolic OH excluding ortho intramolecular Hbond substituents is 1. The maximum absolute atomic E-state index is 13.0. The zero-order chi connectivity index (χ0) is 16.3. The monoisotopic (exact) mass is 418 g/mol. The van der Waals surface area contributed by atoms with Gasteiger partial charge in [0.15, 0.2) is 11.5 Å². The van der Waals surface area contributed by atoms with Gasteiger partial charge in [-0.1, -0.05) is 15.9 Å². The van der Waals surface area contributed by atoms with Crippen LogP contribution in [0.25, 0.3) is 0 Å². The second-order valence-electron chi connectivity index (χ2n) is 5.17. The molecule has 0 aliphatic carbocycles. The number of piperazine rings is 1. The van der Waals surface area contributed by atoms with Gasteiger partial charge in [-0.05, 0) is 12.1 Å². The molecule has 132 valence electrons. The topological polar surface area (TPSA) is 44.7 Å². The molecule has 0 radical (unpaired) electrons. The normalized spacial score (nSPS) is 17.4. The Morgan fingerprint density at radius 2 is 1.96 bits per heavy atom. The molecule has 9 heteroatoms. The molecule has 23 heavy (non-hydrogen) atoms. The molecule has 0 spiro atoms. The summed E-state index contributed by atoms with van der Waals surface area (Å²) in [6.07, 6.45) is -5.34. The number of rotatable bonds is 4. The van der Waals surface area contributed by atoms with Crippen molar-refractivity contribution in [1.29, 1.82) is 0 Å². The molecule has 1 aliphatic heterocycles. The average Bonchev–Trinajstić information content (AvgIpc) is 2.47. The molecule has 1 heterocycles. The van der Waals surface area contributed by atoms with Gasteiger partial charge in [0, 0.05) is 42.3 Å². The first-order chi connectivity index (χ1) is 10.3. The van der Waals surface area contributed by atoms with Crippen LogP contribution in [0.2, 0.25) is 0 Å². The van der Waals surface area contributed by atoms with Crippen LogP contribution in [-0.2, 0) is 0 Å². The molecular formula is C14H19BrClF3N2O2. The van der Waals surface area contributed by atoms with Gasteiger partial charge < -0.3 is 15.2 Å². The third-order valence-corrected chi connectivity index (χ3v) is 4.12. The highest BCUT2D eigenvalue weighted by Gasteiger charge is 2.37. The van der Waals surface area contributed by atoms with Crippen molar-refractivity contribution in [2.75, 3.05) is 33.3 Å². The maximum atomic E-state index is 13.0. The number of benzene rings is 1. The lowest BCUT2D eigenvalue weighted by Crippen LogP contribution is -2.46. The van der Waals surface area contributed by atoms with Gasteiger partial charge in [-0.2, -0.15) is 13.2 Å². The van der Waals surface area contributed by atoms with Crippen molar-refractivity contribution < 1.29 is 23.0 Å². The molecule has 1 fully saturated rings. The molecule has 1 aliphatic rings. The Labute approximate surface area is 147 Å². The van der Waals surface area contributed by atoms with E-state index in [-0.39, 0.29) is 29.5 Å². The number of alkyl halides is 3. The third kappa shape index (κ3) is 5.41. The zero-order valence-corrected chi connectivity index (χ0v) is 14.9. The highest BCUT2D eigenvalue weighted by molar-refractivity contribution is 9.10. The summed E-state index contributed by atoms with van der Waals surface area (Å²) >= 11 is 3.26. The molecule has 0 saturated carbocycles. The number of methoxy groups -OCH3 is 1. The average molecular weight is 420 g/mol. The number of phenols is 1. The van der Waals surface area contributed by atoms with Gasteiger partial charge in [0.25, 0.3) is 0 Å². The van der Waals surface area contributed by atoms with Gasteiger partial charge >= 0.3 is 6.18 Å². The quantitative estimate of drug-likeness (QED) is 0.784. The number of nitrogens with zero attached hydrogens (tertiary/aromatic N) is 1. The number of hydrogen-bond donors (Lipinski definition) is 2. The number of nitrogens with one attached hydrogen (secondary N) is 1. The van der Waals surface area contributed by atoms with Crippen LogP contribution in [0.3, 0.4) is 0 Å². The van der Waals surface area contributed by atoms with Crippen molar-refractivity contribution in [2.45, 2.75) is 18.6 Å². The van der Waals surface area contributed by atoms with Crippen LogP contribution in [0.15, 0.2) is 16.6 Å². The van der Waals surface area contributed by atoms with Crippen molar-refractivity contribution in [2.24, 2.45) is 0 Å². The largest absolute Gasteiger partial charge is 0.504 e. The molecule has 1 aromatic rings. The van der Waals surface area contributed by atoms with Gasteiger partial charge in [-0.3, -0.25) is 4.90 Å². The lowest BCUT2D eigenvalue weighted by molar-refractivity contribution is -0.148. The van der Waals surface area contributed by atoms with Crippen LogP contribution in [0.4, 0.5) is 13.2 Å². The fraction of sp³-hybridized carbons (Fsp3) is 0.571. The Morgan fingerprint density at radius 3 is 2.48 bits per heavy atom. The van der Waals surface area contributed by atoms with Crippen LogP contribution >= 0.6 is 28.3 Å². The minimum Gasteiger partial charge on any atom is -0.504 e. The maximum Gasteiger partial charge on any atom is 0.390 e. The second-order valence-corrected chi connectivity index (χ2v) is 6.08. The summed E-state index contributed by atoms with van der Waals surface area (Å²) in [5.41, 5.74) is 0.227. The molecule has 0 bridgehead atoms. The lowest BCUT2D eigenvalue weighted by Gasteiger charge is -2.36. The lowest BCUT2D eigenvalue weighted by atomic mass is 9.99. The van der Waals surface area contributed by atoms with E-state index in [9.17, 15) is 18.3 Å². The van der Waals surface area contributed by atoms with E-state index in [1.165, 1.54) is 19.2 Å². The smallest absolute Gasteiger partial charge is 0.390 e. The molecular weight excluding hydrogens is 401 g/mol. The van der Waals surface area contributed by atoms with Gasteiger partial charge in [0.1, 0.15) is 0 Å². The van der Waals surface area contributed by atoms with Crippen molar-refractivity contribution >= 4 is 28.3 Å². The summed E-state index contributed by atoms with van der Waals surface area (Å²) < 4.78 is 44.6. The first-order valence-electron chi connectivity index (χ1n) is 6.89. The van der Waals surface area contributed by atoms with E-state index < -0.39 is 18.6 Å². The molecule has 1 aromatic carbocycles. The van der Waals surface area contributed by atoms with Gasteiger partial charge in [-0.15, -0.1) is 12.4 Å². The van der Waals surface area contributed by atoms with Crippen molar-refractivity contribution in [3.05, 3.63) is 22.2 Å². The number of ether oxygens (including phenoxy) is 1. The SMILES string of the molecule is COc1cc(Br)cc([C@@H](CC(F)(F)F)N2CCNCC2)c1O.Cl. The van der Waals surface area contributed by atoms with E-state index in [1.54, 1.807) is 4.90 Å². The standard InChI is InChI=1S/C14H18BrF3N2O2.ClH/c1-22-12-7-9(15)6-10(13(12)21)11(8-14(16,17)18)20-4-2-19-3-5-20;/h6-7,11,19,21H,2-5,8H2,1H3;1H/t11-;/m1./s1. The molecule has 1 saturated heterocycles. The summed E-state index contributed by atoms with van der Waals surface area (Å²) in [5.74, 6) is -0.0785. The Kier molecular flexibility index (Phi) is 7.44. The van der Waals surface area contributed by atoms with E-state index in [1.807, 2.05) is 0 Å². The van der Waals surface area contributed by atoms with Crippen LogP contribution in [0.1, 0.15) is 18.0 Å². The Hall–Kier alpha value is -0.700. The van der Waals surface area contributed by atoms with E-state index in [4.69, 9.17) is 4.74 Å². The van der Waals surface area contributed by atoms with E-state index in [2.05, 4.69) is 21.2 Å². The Bertz CT molecular complexity index is 525.